The lowest BCUT2D eigenvalue weighted by molar-refractivity contribution is 0.101. The summed E-state index contributed by atoms with van der Waals surface area (Å²) in [7, 11) is 0. The van der Waals surface area contributed by atoms with Crippen molar-refractivity contribution in [3.63, 3.8) is 0 Å². The van der Waals surface area contributed by atoms with Crippen LogP contribution in [0.5, 0.6) is 0 Å². The van der Waals surface area contributed by atoms with E-state index in [4.69, 9.17) is 0 Å². The number of hydrogen-bond acceptors (Lipinski definition) is 3. The molecule has 19 heavy (non-hydrogen) atoms. The zero-order valence-corrected chi connectivity index (χ0v) is 12.4. The van der Waals surface area contributed by atoms with Crippen molar-refractivity contribution >= 4 is 27.5 Å². The largest absolute Gasteiger partial charge is 0.319 e. The summed E-state index contributed by atoms with van der Waals surface area (Å²) < 4.78 is 0.912. The van der Waals surface area contributed by atoms with Crippen LogP contribution in [-0.2, 0) is 6.42 Å². The number of nitrogens with one attached hydrogen (secondary N) is 2. The zero-order valence-electron chi connectivity index (χ0n) is 10.8. The van der Waals surface area contributed by atoms with E-state index < -0.39 is 0 Å². The Morgan fingerprint density at radius 1 is 1.47 bits per heavy atom. The lowest BCUT2D eigenvalue weighted by atomic mass is 10.2. The van der Waals surface area contributed by atoms with Gasteiger partial charge in [-0.3, -0.25) is 9.89 Å². The first-order valence-electron chi connectivity index (χ1n) is 6.09. The second kappa shape index (κ2) is 5.97. The Morgan fingerprint density at radius 3 is 3.00 bits per heavy atom. The highest BCUT2D eigenvalue weighted by Crippen LogP contribution is 2.20. The van der Waals surface area contributed by atoms with E-state index in [9.17, 15) is 4.79 Å². The third-order valence-corrected chi connectivity index (χ3v) is 3.16. The molecule has 1 aromatic heterocycles. The molecule has 2 aromatic rings. The van der Waals surface area contributed by atoms with E-state index in [2.05, 4.69) is 36.4 Å². The van der Waals surface area contributed by atoms with E-state index in [1.165, 1.54) is 0 Å². The lowest BCUT2D eigenvalue weighted by Gasteiger charge is -2.06. The molecule has 5 nitrogen and oxygen atoms in total. The summed E-state index contributed by atoms with van der Waals surface area (Å²) in [5, 5.41) is 9.50. The maximum atomic E-state index is 12.0. The molecule has 0 radical (unpaired) electrons. The van der Waals surface area contributed by atoms with Gasteiger partial charge >= 0.3 is 0 Å². The van der Waals surface area contributed by atoms with Gasteiger partial charge in [-0.15, -0.1) is 5.10 Å². The van der Waals surface area contributed by atoms with Gasteiger partial charge in [0.1, 0.15) is 5.82 Å². The number of benzene rings is 1. The standard InChI is InChI=1S/C13H15BrN4O/c1-3-4-11-16-12(18-17-11)13(19)15-10-7-9(14)6-5-8(10)2/h5-7H,3-4H2,1-2H3,(H,15,19)(H,16,17,18). The zero-order chi connectivity index (χ0) is 13.8. The molecular formula is C13H15BrN4O. The van der Waals surface area contributed by atoms with Crippen LogP contribution in [0.15, 0.2) is 22.7 Å². The van der Waals surface area contributed by atoms with Crippen LogP contribution < -0.4 is 5.32 Å². The molecule has 0 unspecified atom stereocenters. The summed E-state index contributed by atoms with van der Waals surface area (Å²) in [5.74, 6) is 0.598. The summed E-state index contributed by atoms with van der Waals surface area (Å²) >= 11 is 3.38. The van der Waals surface area contributed by atoms with E-state index in [0.29, 0.717) is 0 Å². The predicted octanol–water partition coefficient (Wildman–Crippen LogP) is 3.08. The fourth-order valence-corrected chi connectivity index (χ4v) is 2.01. The first kappa shape index (κ1) is 13.7. The van der Waals surface area contributed by atoms with Gasteiger partial charge in [-0.1, -0.05) is 28.9 Å². The molecule has 0 aliphatic heterocycles. The van der Waals surface area contributed by atoms with Crippen LogP contribution in [-0.4, -0.2) is 21.1 Å². The number of aryl methyl sites for hydroxylation is 2. The molecule has 2 rings (SSSR count). The van der Waals surface area contributed by atoms with Gasteiger partial charge in [-0.05, 0) is 31.0 Å². The van der Waals surface area contributed by atoms with Crippen LogP contribution in [0.1, 0.15) is 35.4 Å². The van der Waals surface area contributed by atoms with Gasteiger partial charge in [0.2, 0.25) is 5.82 Å². The molecule has 1 heterocycles. The first-order chi connectivity index (χ1) is 9.10. The van der Waals surface area contributed by atoms with Crippen molar-refractivity contribution in [3.05, 3.63) is 39.9 Å². The maximum absolute atomic E-state index is 12.0. The van der Waals surface area contributed by atoms with Gasteiger partial charge in [0, 0.05) is 16.6 Å². The Kier molecular flexibility index (Phi) is 4.31. The number of aromatic nitrogens is 3. The Balaban J connectivity index is 2.13. The number of halogens is 1. The molecule has 1 amide bonds. The SMILES string of the molecule is CCCc1nc(C(=O)Nc2cc(Br)ccc2C)n[nH]1. The maximum Gasteiger partial charge on any atom is 0.295 e. The Labute approximate surface area is 120 Å². The quantitative estimate of drug-likeness (QED) is 0.908. The van der Waals surface area contributed by atoms with Crippen LogP contribution in [0.3, 0.4) is 0 Å². The molecule has 100 valence electrons. The van der Waals surface area contributed by atoms with Crippen molar-refractivity contribution in [3.8, 4) is 0 Å². The van der Waals surface area contributed by atoms with Crippen molar-refractivity contribution in [2.45, 2.75) is 26.7 Å². The number of nitrogens with zero attached hydrogens (tertiary/aromatic N) is 2. The van der Waals surface area contributed by atoms with Crippen LogP contribution in [0.4, 0.5) is 5.69 Å². The summed E-state index contributed by atoms with van der Waals surface area (Å²) in [5.41, 5.74) is 1.74. The summed E-state index contributed by atoms with van der Waals surface area (Å²) in [6, 6.07) is 5.71. The van der Waals surface area contributed by atoms with E-state index in [-0.39, 0.29) is 11.7 Å². The van der Waals surface area contributed by atoms with Gasteiger partial charge in [-0.2, -0.15) is 0 Å². The number of rotatable bonds is 4. The fourth-order valence-electron chi connectivity index (χ4n) is 1.65. The van der Waals surface area contributed by atoms with Crippen molar-refractivity contribution < 1.29 is 4.79 Å². The van der Waals surface area contributed by atoms with Gasteiger partial charge in [0.05, 0.1) is 0 Å². The number of amides is 1. The van der Waals surface area contributed by atoms with Gasteiger partial charge in [-0.25, -0.2) is 4.98 Å². The van der Waals surface area contributed by atoms with Crippen molar-refractivity contribution in [2.75, 3.05) is 5.32 Å². The molecule has 0 aliphatic carbocycles. The molecule has 2 N–H and O–H groups in total. The molecule has 0 saturated heterocycles. The van der Waals surface area contributed by atoms with Crippen LogP contribution >= 0.6 is 15.9 Å². The first-order valence-corrected chi connectivity index (χ1v) is 6.88. The smallest absolute Gasteiger partial charge is 0.295 e. The van der Waals surface area contributed by atoms with E-state index >= 15 is 0 Å². The van der Waals surface area contributed by atoms with Gasteiger partial charge < -0.3 is 5.32 Å². The lowest BCUT2D eigenvalue weighted by Crippen LogP contribution is -2.14. The number of aromatic amines is 1. The Morgan fingerprint density at radius 2 is 2.26 bits per heavy atom. The number of H-pyrrole nitrogens is 1. The Bertz CT molecular complexity index is 594. The third-order valence-electron chi connectivity index (χ3n) is 2.67. The molecule has 0 spiro atoms. The molecule has 0 fully saturated rings. The number of hydrogen-bond donors (Lipinski definition) is 2. The summed E-state index contributed by atoms with van der Waals surface area (Å²) in [6.07, 6.45) is 1.75. The second-order valence-electron chi connectivity index (χ2n) is 4.27. The number of carbonyl (C=O) groups is 1. The van der Waals surface area contributed by atoms with Crippen LogP contribution in [0, 0.1) is 6.92 Å². The number of carbonyl (C=O) groups excluding carboxylic acids is 1. The highest BCUT2D eigenvalue weighted by atomic mass is 79.9. The highest BCUT2D eigenvalue weighted by molar-refractivity contribution is 9.10. The predicted molar refractivity (Wildman–Crippen MR) is 77.2 cm³/mol. The van der Waals surface area contributed by atoms with Gasteiger partial charge in [0.25, 0.3) is 5.91 Å². The third kappa shape index (κ3) is 3.41. The topological polar surface area (TPSA) is 70.7 Å². The highest BCUT2D eigenvalue weighted by Gasteiger charge is 2.13. The molecule has 0 bridgehead atoms. The monoisotopic (exact) mass is 322 g/mol. The van der Waals surface area contributed by atoms with Crippen LogP contribution in [0.2, 0.25) is 0 Å². The molecule has 0 aliphatic rings. The summed E-state index contributed by atoms with van der Waals surface area (Å²) in [4.78, 5) is 16.2. The minimum atomic E-state index is -0.306. The normalized spacial score (nSPS) is 10.5. The van der Waals surface area contributed by atoms with Crippen molar-refractivity contribution in [2.24, 2.45) is 0 Å². The molecule has 6 heteroatoms. The minimum absolute atomic E-state index is 0.169. The van der Waals surface area contributed by atoms with Crippen molar-refractivity contribution in [1.29, 1.82) is 0 Å². The molecular weight excluding hydrogens is 308 g/mol. The average molecular weight is 323 g/mol. The number of anilines is 1. The average Bonchev–Trinajstić information content (AvgIpc) is 2.83. The Hall–Kier alpha value is -1.69. The second-order valence-corrected chi connectivity index (χ2v) is 5.18. The molecule has 0 saturated carbocycles. The molecule has 1 aromatic carbocycles. The van der Waals surface area contributed by atoms with E-state index in [1.807, 2.05) is 32.0 Å². The van der Waals surface area contributed by atoms with Gasteiger partial charge in [0.15, 0.2) is 0 Å². The van der Waals surface area contributed by atoms with Crippen LogP contribution in [0.25, 0.3) is 0 Å². The minimum Gasteiger partial charge on any atom is -0.319 e. The van der Waals surface area contributed by atoms with E-state index in [1.54, 1.807) is 0 Å². The van der Waals surface area contributed by atoms with Crippen molar-refractivity contribution in [1.82, 2.24) is 15.2 Å². The molecule has 0 atom stereocenters. The van der Waals surface area contributed by atoms with E-state index in [0.717, 1.165) is 34.4 Å². The fraction of sp³-hybridized carbons (Fsp3) is 0.308. The summed E-state index contributed by atoms with van der Waals surface area (Å²) in [6.45, 7) is 3.98.